The van der Waals surface area contributed by atoms with E-state index in [4.69, 9.17) is 4.74 Å². The average molecular weight is 410 g/mol. The predicted molar refractivity (Wildman–Crippen MR) is 118 cm³/mol. The van der Waals surface area contributed by atoms with Gasteiger partial charge in [-0.25, -0.2) is 0 Å². The molecule has 2 aromatic rings. The third-order valence-electron chi connectivity index (χ3n) is 5.47. The molecule has 0 aromatic heterocycles. The summed E-state index contributed by atoms with van der Waals surface area (Å²) in [5.74, 6) is -0.330. The summed E-state index contributed by atoms with van der Waals surface area (Å²) in [6, 6.07) is 15.6. The molecule has 1 aliphatic heterocycles. The van der Waals surface area contributed by atoms with E-state index >= 15 is 0 Å². The molecule has 1 atom stereocenters. The number of amides is 2. The van der Waals surface area contributed by atoms with Crippen LogP contribution in [0.3, 0.4) is 0 Å². The summed E-state index contributed by atoms with van der Waals surface area (Å²) in [7, 11) is 2.09. The topological polar surface area (TPSA) is 70.7 Å². The molecule has 1 unspecified atom stereocenters. The van der Waals surface area contributed by atoms with Crippen molar-refractivity contribution >= 4 is 17.5 Å². The van der Waals surface area contributed by atoms with Crippen molar-refractivity contribution in [2.24, 2.45) is 0 Å². The van der Waals surface area contributed by atoms with Crippen LogP contribution >= 0.6 is 0 Å². The smallest absolute Gasteiger partial charge is 0.253 e. The summed E-state index contributed by atoms with van der Waals surface area (Å²) >= 11 is 0. The highest BCUT2D eigenvalue weighted by Crippen LogP contribution is 2.17. The SMILES string of the molecule is CC(C)N(C)Cc1ccccc1CNC(=O)c1cccc(NC(=O)C2CCCO2)c1. The summed E-state index contributed by atoms with van der Waals surface area (Å²) in [5, 5.41) is 5.84. The third-order valence-corrected chi connectivity index (χ3v) is 5.47. The summed E-state index contributed by atoms with van der Waals surface area (Å²) in [5.41, 5.74) is 3.41. The molecular weight excluding hydrogens is 378 g/mol. The molecule has 2 aromatic carbocycles. The van der Waals surface area contributed by atoms with Crippen molar-refractivity contribution < 1.29 is 14.3 Å². The van der Waals surface area contributed by atoms with Gasteiger partial charge < -0.3 is 15.4 Å². The number of nitrogens with one attached hydrogen (secondary N) is 2. The zero-order chi connectivity index (χ0) is 21.5. The van der Waals surface area contributed by atoms with Crippen LogP contribution in [0.4, 0.5) is 5.69 Å². The van der Waals surface area contributed by atoms with Gasteiger partial charge in [0.15, 0.2) is 0 Å². The molecule has 1 heterocycles. The van der Waals surface area contributed by atoms with Gasteiger partial charge in [0.1, 0.15) is 6.10 Å². The van der Waals surface area contributed by atoms with Crippen LogP contribution in [0.15, 0.2) is 48.5 Å². The highest BCUT2D eigenvalue weighted by Gasteiger charge is 2.23. The lowest BCUT2D eigenvalue weighted by atomic mass is 10.1. The minimum Gasteiger partial charge on any atom is -0.368 e. The maximum Gasteiger partial charge on any atom is 0.253 e. The maximum absolute atomic E-state index is 12.7. The number of carbonyl (C=O) groups excluding carboxylic acids is 2. The van der Waals surface area contributed by atoms with Crippen molar-refractivity contribution in [2.75, 3.05) is 19.0 Å². The van der Waals surface area contributed by atoms with Crippen LogP contribution in [0.5, 0.6) is 0 Å². The molecule has 1 saturated heterocycles. The first-order chi connectivity index (χ1) is 14.4. The van der Waals surface area contributed by atoms with Crippen LogP contribution in [0, 0.1) is 0 Å². The number of rotatable bonds is 8. The average Bonchev–Trinajstić information content (AvgIpc) is 3.28. The largest absolute Gasteiger partial charge is 0.368 e. The van der Waals surface area contributed by atoms with Gasteiger partial charge in [0.2, 0.25) is 0 Å². The fraction of sp³-hybridized carbons (Fsp3) is 0.417. The number of hydrogen-bond acceptors (Lipinski definition) is 4. The van der Waals surface area contributed by atoms with Crippen LogP contribution in [0.2, 0.25) is 0 Å². The predicted octanol–water partition coefficient (Wildman–Crippen LogP) is 3.57. The molecule has 160 valence electrons. The molecule has 1 fully saturated rings. The van der Waals surface area contributed by atoms with Gasteiger partial charge in [-0.15, -0.1) is 0 Å². The van der Waals surface area contributed by atoms with Crippen LogP contribution < -0.4 is 10.6 Å². The molecular formula is C24H31N3O3. The Morgan fingerprint density at radius 3 is 2.60 bits per heavy atom. The first-order valence-corrected chi connectivity index (χ1v) is 10.5. The standard InChI is InChI=1S/C24H31N3O3/c1-17(2)27(3)16-20-9-5-4-8-19(20)15-25-23(28)18-10-6-11-21(14-18)26-24(29)22-12-7-13-30-22/h4-6,8-11,14,17,22H,7,12-13,15-16H2,1-3H3,(H,25,28)(H,26,29). The number of nitrogens with zero attached hydrogens (tertiary/aromatic N) is 1. The Kier molecular flexibility index (Phi) is 7.60. The van der Waals surface area contributed by atoms with Gasteiger partial charge in [-0.3, -0.25) is 14.5 Å². The Morgan fingerprint density at radius 2 is 1.90 bits per heavy atom. The van der Waals surface area contributed by atoms with Crippen molar-refractivity contribution in [3.05, 3.63) is 65.2 Å². The van der Waals surface area contributed by atoms with Crippen LogP contribution in [-0.2, 0) is 22.6 Å². The lowest BCUT2D eigenvalue weighted by Crippen LogP contribution is -2.28. The van der Waals surface area contributed by atoms with E-state index in [2.05, 4.69) is 42.5 Å². The van der Waals surface area contributed by atoms with Crippen molar-refractivity contribution in [1.82, 2.24) is 10.2 Å². The van der Waals surface area contributed by atoms with E-state index in [-0.39, 0.29) is 11.8 Å². The van der Waals surface area contributed by atoms with E-state index in [9.17, 15) is 9.59 Å². The van der Waals surface area contributed by atoms with Crippen molar-refractivity contribution in [2.45, 2.75) is 51.9 Å². The van der Waals surface area contributed by atoms with Gasteiger partial charge in [-0.1, -0.05) is 30.3 Å². The summed E-state index contributed by atoms with van der Waals surface area (Å²) in [4.78, 5) is 27.2. The Morgan fingerprint density at radius 1 is 1.13 bits per heavy atom. The van der Waals surface area contributed by atoms with Crippen molar-refractivity contribution in [3.8, 4) is 0 Å². The number of ether oxygens (including phenoxy) is 1. The second-order valence-corrected chi connectivity index (χ2v) is 8.03. The van der Waals surface area contributed by atoms with Gasteiger partial charge in [0.05, 0.1) is 0 Å². The lowest BCUT2D eigenvalue weighted by Gasteiger charge is -2.22. The van der Waals surface area contributed by atoms with Crippen LogP contribution in [0.25, 0.3) is 0 Å². The Balaban J connectivity index is 1.61. The summed E-state index contributed by atoms with van der Waals surface area (Å²) < 4.78 is 5.41. The highest BCUT2D eigenvalue weighted by molar-refractivity contribution is 5.98. The fourth-order valence-electron chi connectivity index (χ4n) is 3.36. The molecule has 2 amide bonds. The molecule has 0 aliphatic carbocycles. The Bertz CT molecular complexity index is 876. The monoisotopic (exact) mass is 409 g/mol. The minimum atomic E-state index is -0.400. The number of carbonyl (C=O) groups is 2. The third kappa shape index (κ3) is 5.90. The molecule has 6 heteroatoms. The molecule has 0 spiro atoms. The van der Waals surface area contributed by atoms with Crippen molar-refractivity contribution in [1.29, 1.82) is 0 Å². The molecule has 3 rings (SSSR count). The van der Waals surface area contributed by atoms with Crippen LogP contribution in [0.1, 0.15) is 48.2 Å². The van der Waals surface area contributed by atoms with Gasteiger partial charge in [0, 0.05) is 37.0 Å². The molecule has 0 bridgehead atoms. The second-order valence-electron chi connectivity index (χ2n) is 8.03. The molecule has 30 heavy (non-hydrogen) atoms. The van der Waals surface area contributed by atoms with Gasteiger partial charge >= 0.3 is 0 Å². The minimum absolute atomic E-state index is 0.159. The van der Waals surface area contributed by atoms with Crippen molar-refractivity contribution in [3.63, 3.8) is 0 Å². The van der Waals surface area contributed by atoms with E-state index in [1.165, 1.54) is 5.56 Å². The molecule has 6 nitrogen and oxygen atoms in total. The normalized spacial score (nSPS) is 16.1. The molecule has 0 saturated carbocycles. The number of benzene rings is 2. The van der Waals surface area contributed by atoms with Gasteiger partial charge in [-0.2, -0.15) is 0 Å². The Labute approximate surface area is 178 Å². The zero-order valence-electron chi connectivity index (χ0n) is 18.0. The van der Waals surface area contributed by atoms with Crippen LogP contribution in [-0.4, -0.2) is 42.5 Å². The number of hydrogen-bond donors (Lipinski definition) is 2. The second kappa shape index (κ2) is 10.4. The molecule has 1 aliphatic rings. The fourth-order valence-corrected chi connectivity index (χ4v) is 3.36. The maximum atomic E-state index is 12.7. The lowest BCUT2D eigenvalue weighted by molar-refractivity contribution is -0.124. The van der Waals surface area contributed by atoms with Gasteiger partial charge in [0.25, 0.3) is 11.8 Å². The summed E-state index contributed by atoms with van der Waals surface area (Å²) in [6.45, 7) is 6.22. The van der Waals surface area contributed by atoms with E-state index in [1.54, 1.807) is 24.3 Å². The Hall–Kier alpha value is -2.70. The highest BCUT2D eigenvalue weighted by atomic mass is 16.5. The first-order valence-electron chi connectivity index (χ1n) is 10.5. The molecule has 2 N–H and O–H groups in total. The summed E-state index contributed by atoms with van der Waals surface area (Å²) in [6.07, 6.45) is 1.23. The zero-order valence-corrected chi connectivity index (χ0v) is 18.0. The van der Waals surface area contributed by atoms with Gasteiger partial charge in [-0.05, 0) is 63.1 Å². The van der Waals surface area contributed by atoms with E-state index < -0.39 is 6.10 Å². The van der Waals surface area contributed by atoms with E-state index in [0.29, 0.717) is 30.4 Å². The van der Waals surface area contributed by atoms with E-state index in [0.717, 1.165) is 24.9 Å². The molecule has 0 radical (unpaired) electrons. The number of anilines is 1. The first kappa shape index (κ1) is 22.0. The van der Waals surface area contributed by atoms with E-state index in [1.807, 2.05) is 18.2 Å². The quantitative estimate of drug-likeness (QED) is 0.699.